The Morgan fingerprint density at radius 1 is 1.10 bits per heavy atom. The van der Waals surface area contributed by atoms with Gasteiger partial charge in [-0.3, -0.25) is 9.58 Å². The fourth-order valence-corrected chi connectivity index (χ4v) is 3.93. The molecule has 1 saturated heterocycles. The van der Waals surface area contributed by atoms with E-state index in [4.69, 9.17) is 14.3 Å². The summed E-state index contributed by atoms with van der Waals surface area (Å²) in [6.45, 7) is 11.9. The van der Waals surface area contributed by atoms with E-state index in [1.54, 1.807) is 0 Å². The van der Waals surface area contributed by atoms with E-state index < -0.39 is 0 Å². The second-order valence-corrected chi connectivity index (χ2v) is 7.98. The first kappa shape index (κ1) is 19.8. The molecule has 7 nitrogen and oxygen atoms in total. The van der Waals surface area contributed by atoms with Gasteiger partial charge in [-0.1, -0.05) is 44.2 Å². The van der Waals surface area contributed by atoms with E-state index >= 15 is 0 Å². The first-order valence-corrected chi connectivity index (χ1v) is 10.2. The van der Waals surface area contributed by atoms with Gasteiger partial charge in [-0.05, 0) is 19.4 Å². The van der Waals surface area contributed by atoms with E-state index in [0.717, 1.165) is 18.8 Å². The van der Waals surface area contributed by atoms with Gasteiger partial charge in [0.2, 0.25) is 11.8 Å². The molecule has 0 radical (unpaired) electrons. The van der Waals surface area contributed by atoms with E-state index in [1.165, 1.54) is 16.8 Å². The zero-order valence-electron chi connectivity index (χ0n) is 17.6. The SMILES string of the molecule is Cc1nn(Cc2ccccc2)c(C)c1[C@H]1COCCN1Cc1nnc(C(C)C)o1. The van der Waals surface area contributed by atoms with Crippen molar-refractivity contribution in [2.75, 3.05) is 19.8 Å². The van der Waals surface area contributed by atoms with Crippen molar-refractivity contribution in [2.24, 2.45) is 0 Å². The third-order valence-corrected chi connectivity index (χ3v) is 5.50. The van der Waals surface area contributed by atoms with Crippen LogP contribution in [-0.4, -0.2) is 44.6 Å². The highest BCUT2D eigenvalue weighted by Crippen LogP contribution is 2.31. The lowest BCUT2D eigenvalue weighted by Crippen LogP contribution is -2.39. The Morgan fingerprint density at radius 2 is 1.90 bits per heavy atom. The van der Waals surface area contributed by atoms with E-state index in [0.29, 0.717) is 31.5 Å². The molecule has 154 valence electrons. The molecule has 0 N–H and O–H groups in total. The number of hydrogen-bond donors (Lipinski definition) is 0. The number of benzene rings is 1. The molecule has 0 unspecified atom stereocenters. The summed E-state index contributed by atoms with van der Waals surface area (Å²) in [6.07, 6.45) is 0. The number of aromatic nitrogens is 4. The number of aryl methyl sites for hydroxylation is 1. The minimum absolute atomic E-state index is 0.127. The van der Waals surface area contributed by atoms with Crippen LogP contribution in [-0.2, 0) is 17.8 Å². The van der Waals surface area contributed by atoms with Crippen molar-refractivity contribution in [2.45, 2.75) is 52.7 Å². The third kappa shape index (κ3) is 4.26. The summed E-state index contributed by atoms with van der Waals surface area (Å²) in [5.41, 5.74) is 4.71. The maximum absolute atomic E-state index is 5.85. The number of rotatable bonds is 6. The molecule has 1 aliphatic rings. The zero-order valence-corrected chi connectivity index (χ0v) is 17.6. The summed E-state index contributed by atoms with van der Waals surface area (Å²) in [4.78, 5) is 2.37. The molecule has 3 aromatic rings. The molecule has 3 heterocycles. The highest BCUT2D eigenvalue weighted by atomic mass is 16.5. The highest BCUT2D eigenvalue weighted by molar-refractivity contribution is 5.30. The third-order valence-electron chi connectivity index (χ3n) is 5.50. The topological polar surface area (TPSA) is 69.2 Å². The Bertz CT molecular complexity index is 948. The molecule has 1 fully saturated rings. The van der Waals surface area contributed by atoms with Gasteiger partial charge in [0.25, 0.3) is 0 Å². The lowest BCUT2D eigenvalue weighted by atomic mass is 10.0. The summed E-state index contributed by atoms with van der Waals surface area (Å²) >= 11 is 0. The molecule has 0 spiro atoms. The maximum atomic E-state index is 5.85. The van der Waals surface area contributed by atoms with Gasteiger partial charge in [-0.2, -0.15) is 5.10 Å². The highest BCUT2D eigenvalue weighted by Gasteiger charge is 2.31. The molecule has 2 aromatic heterocycles. The first-order valence-electron chi connectivity index (χ1n) is 10.2. The molecular weight excluding hydrogens is 366 g/mol. The molecule has 0 bridgehead atoms. The predicted octanol–water partition coefficient (Wildman–Crippen LogP) is 3.63. The van der Waals surface area contributed by atoms with Gasteiger partial charge in [0, 0.05) is 23.7 Å². The Balaban J connectivity index is 1.57. The Morgan fingerprint density at radius 3 is 2.62 bits per heavy atom. The van der Waals surface area contributed by atoms with Crippen LogP contribution in [0.4, 0.5) is 0 Å². The summed E-state index contributed by atoms with van der Waals surface area (Å²) in [6, 6.07) is 10.6. The van der Waals surface area contributed by atoms with E-state index in [9.17, 15) is 0 Å². The van der Waals surface area contributed by atoms with Crippen molar-refractivity contribution >= 4 is 0 Å². The number of morpholine rings is 1. The van der Waals surface area contributed by atoms with Gasteiger partial charge < -0.3 is 9.15 Å². The molecule has 0 saturated carbocycles. The van der Waals surface area contributed by atoms with Crippen LogP contribution in [0.25, 0.3) is 0 Å². The van der Waals surface area contributed by atoms with Crippen LogP contribution < -0.4 is 0 Å². The van der Waals surface area contributed by atoms with Crippen molar-refractivity contribution in [1.29, 1.82) is 0 Å². The van der Waals surface area contributed by atoms with Crippen LogP contribution in [0.5, 0.6) is 0 Å². The summed E-state index contributed by atoms with van der Waals surface area (Å²) < 4.78 is 13.8. The fourth-order valence-electron chi connectivity index (χ4n) is 3.93. The van der Waals surface area contributed by atoms with Gasteiger partial charge in [-0.25, -0.2) is 0 Å². The predicted molar refractivity (Wildman–Crippen MR) is 110 cm³/mol. The van der Waals surface area contributed by atoms with Gasteiger partial charge in [0.05, 0.1) is 38.0 Å². The number of ether oxygens (including phenoxy) is 1. The molecule has 1 aliphatic heterocycles. The second kappa shape index (κ2) is 8.47. The number of hydrogen-bond acceptors (Lipinski definition) is 6. The Hall–Kier alpha value is -2.51. The van der Waals surface area contributed by atoms with Crippen LogP contribution in [0, 0.1) is 13.8 Å². The molecule has 1 aromatic carbocycles. The summed E-state index contributed by atoms with van der Waals surface area (Å²) in [7, 11) is 0. The quantitative estimate of drug-likeness (QED) is 0.635. The van der Waals surface area contributed by atoms with Crippen molar-refractivity contribution in [3.63, 3.8) is 0 Å². The van der Waals surface area contributed by atoms with Crippen LogP contribution in [0.2, 0.25) is 0 Å². The lowest BCUT2D eigenvalue weighted by molar-refractivity contribution is -0.0167. The monoisotopic (exact) mass is 395 g/mol. The summed E-state index contributed by atoms with van der Waals surface area (Å²) in [5.74, 6) is 1.58. The van der Waals surface area contributed by atoms with Crippen LogP contribution in [0.1, 0.15) is 60.1 Å². The maximum Gasteiger partial charge on any atom is 0.230 e. The molecule has 7 heteroatoms. The average molecular weight is 396 g/mol. The molecule has 4 rings (SSSR count). The standard InChI is InChI=1S/C22H29N5O2/c1-15(2)22-24-23-20(29-22)13-26-10-11-28-14-19(26)21-16(3)25-27(17(21)4)12-18-8-6-5-7-9-18/h5-9,15,19H,10-14H2,1-4H3/t19-/m1/s1. The normalized spacial score (nSPS) is 17.9. The van der Waals surface area contributed by atoms with Crippen molar-refractivity contribution in [3.05, 3.63) is 64.6 Å². The van der Waals surface area contributed by atoms with E-state index in [1.807, 2.05) is 6.07 Å². The zero-order chi connectivity index (χ0) is 20.4. The molecule has 1 atom stereocenters. The van der Waals surface area contributed by atoms with Gasteiger partial charge in [-0.15, -0.1) is 10.2 Å². The summed E-state index contributed by atoms with van der Waals surface area (Å²) in [5, 5.41) is 13.3. The average Bonchev–Trinajstić information content (AvgIpc) is 3.28. The Labute approximate surface area is 171 Å². The minimum Gasteiger partial charge on any atom is -0.424 e. The largest absolute Gasteiger partial charge is 0.424 e. The van der Waals surface area contributed by atoms with Crippen LogP contribution in [0.15, 0.2) is 34.7 Å². The van der Waals surface area contributed by atoms with Crippen molar-refractivity contribution < 1.29 is 9.15 Å². The van der Waals surface area contributed by atoms with Crippen LogP contribution >= 0.6 is 0 Å². The van der Waals surface area contributed by atoms with Crippen molar-refractivity contribution in [1.82, 2.24) is 24.9 Å². The molecular formula is C22H29N5O2. The smallest absolute Gasteiger partial charge is 0.230 e. The fraction of sp³-hybridized carbons (Fsp3) is 0.500. The molecule has 29 heavy (non-hydrogen) atoms. The molecule has 0 aliphatic carbocycles. The minimum atomic E-state index is 0.127. The van der Waals surface area contributed by atoms with E-state index in [-0.39, 0.29) is 12.0 Å². The Kier molecular flexibility index (Phi) is 5.78. The second-order valence-electron chi connectivity index (χ2n) is 7.98. The van der Waals surface area contributed by atoms with Gasteiger partial charge >= 0.3 is 0 Å². The molecule has 0 amide bonds. The van der Waals surface area contributed by atoms with Crippen molar-refractivity contribution in [3.8, 4) is 0 Å². The van der Waals surface area contributed by atoms with E-state index in [2.05, 4.69) is 71.7 Å². The lowest BCUT2D eigenvalue weighted by Gasteiger charge is -2.35. The van der Waals surface area contributed by atoms with Gasteiger partial charge in [0.1, 0.15) is 0 Å². The van der Waals surface area contributed by atoms with Gasteiger partial charge in [0.15, 0.2) is 0 Å². The van der Waals surface area contributed by atoms with Crippen LogP contribution in [0.3, 0.4) is 0 Å². The first-order chi connectivity index (χ1) is 14.0. The number of nitrogens with zero attached hydrogens (tertiary/aromatic N) is 5.